The van der Waals surface area contributed by atoms with Gasteiger partial charge in [-0.25, -0.2) is 4.99 Å². The first-order valence-electron chi connectivity index (χ1n) is 9.14. The Kier molecular flexibility index (Phi) is 8.87. The van der Waals surface area contributed by atoms with Crippen molar-refractivity contribution in [2.45, 2.75) is 32.2 Å². The average molecular weight is 481 g/mol. The van der Waals surface area contributed by atoms with Gasteiger partial charge in [0, 0.05) is 25.8 Å². The number of aliphatic imine (C=N–C) groups is 1. The summed E-state index contributed by atoms with van der Waals surface area (Å²) in [7, 11) is 1.69. The van der Waals surface area contributed by atoms with Crippen LogP contribution in [0.5, 0.6) is 5.75 Å². The summed E-state index contributed by atoms with van der Waals surface area (Å²) in [6, 6.07) is 14.4. The number of methoxy groups -OCH3 is 1. The number of aryl methyl sites for hydroxylation is 2. The molecule has 5 nitrogen and oxygen atoms in total. The van der Waals surface area contributed by atoms with Crippen molar-refractivity contribution in [3.8, 4) is 5.75 Å². The second-order valence-corrected chi connectivity index (χ2v) is 6.51. The minimum atomic E-state index is 0. The summed E-state index contributed by atoms with van der Waals surface area (Å²) in [6.07, 6.45) is 4.45. The van der Waals surface area contributed by atoms with Crippen LogP contribution in [0.1, 0.15) is 29.5 Å². The summed E-state index contributed by atoms with van der Waals surface area (Å²) in [5, 5.41) is 3.19. The van der Waals surface area contributed by atoms with E-state index in [2.05, 4.69) is 28.5 Å². The van der Waals surface area contributed by atoms with Crippen LogP contribution in [0.4, 0.5) is 5.69 Å². The maximum absolute atomic E-state index is 6.04. The lowest BCUT2D eigenvalue weighted by Gasteiger charge is -2.09. The summed E-state index contributed by atoms with van der Waals surface area (Å²) in [4.78, 5) is 4.44. The van der Waals surface area contributed by atoms with E-state index in [1.54, 1.807) is 7.11 Å². The number of rotatable bonds is 8. The molecule has 0 aliphatic heterocycles. The molecule has 0 unspecified atom stereocenters. The molecule has 3 N–H and O–H groups in total. The Morgan fingerprint density at radius 3 is 2.81 bits per heavy atom. The molecule has 0 amide bonds. The van der Waals surface area contributed by atoms with Crippen LogP contribution in [-0.4, -0.2) is 26.3 Å². The number of anilines is 1. The summed E-state index contributed by atoms with van der Waals surface area (Å²) >= 11 is 0. The standard InChI is InChI=1S/C21H27N3O2.HI/c1-25-11-4-12-26-20-8-2-5-16(13-20)15-23-21(22)24-19-10-9-17-6-3-7-18(17)14-19;/h2,5,8-10,13-14H,3-4,6-7,11-12,15H2,1H3,(H3,22,23,24);1H. The number of hydrogen-bond donors (Lipinski definition) is 2. The van der Waals surface area contributed by atoms with E-state index in [1.807, 2.05) is 24.3 Å². The van der Waals surface area contributed by atoms with Crippen molar-refractivity contribution in [3.63, 3.8) is 0 Å². The smallest absolute Gasteiger partial charge is 0.193 e. The number of nitrogens with one attached hydrogen (secondary N) is 1. The number of benzene rings is 2. The van der Waals surface area contributed by atoms with Gasteiger partial charge in [0.1, 0.15) is 5.75 Å². The molecule has 0 radical (unpaired) electrons. The van der Waals surface area contributed by atoms with Crippen molar-refractivity contribution in [1.82, 2.24) is 0 Å². The Bertz CT molecular complexity index is 765. The predicted octanol–water partition coefficient (Wildman–Crippen LogP) is 4.14. The first-order valence-corrected chi connectivity index (χ1v) is 9.14. The third kappa shape index (κ3) is 6.70. The summed E-state index contributed by atoms with van der Waals surface area (Å²) in [5.74, 6) is 1.27. The van der Waals surface area contributed by atoms with E-state index >= 15 is 0 Å². The van der Waals surface area contributed by atoms with Crippen LogP contribution < -0.4 is 15.8 Å². The molecule has 0 fully saturated rings. The molecule has 0 aromatic heterocycles. The molecule has 2 aromatic rings. The van der Waals surface area contributed by atoms with Gasteiger partial charge in [-0.1, -0.05) is 18.2 Å². The molecular weight excluding hydrogens is 453 g/mol. The number of fused-ring (bicyclic) bond motifs is 1. The molecule has 0 atom stereocenters. The second-order valence-electron chi connectivity index (χ2n) is 6.51. The fourth-order valence-corrected chi connectivity index (χ4v) is 3.14. The molecule has 146 valence electrons. The molecule has 27 heavy (non-hydrogen) atoms. The quantitative estimate of drug-likeness (QED) is 0.258. The van der Waals surface area contributed by atoms with Crippen molar-refractivity contribution >= 4 is 35.6 Å². The number of nitrogens with two attached hydrogens (primary N) is 1. The Morgan fingerprint density at radius 1 is 1.11 bits per heavy atom. The fourth-order valence-electron chi connectivity index (χ4n) is 3.14. The first-order chi connectivity index (χ1) is 12.7. The number of guanidine groups is 1. The highest BCUT2D eigenvalue weighted by Crippen LogP contribution is 2.24. The van der Waals surface area contributed by atoms with E-state index in [-0.39, 0.29) is 24.0 Å². The lowest BCUT2D eigenvalue weighted by molar-refractivity contribution is 0.172. The summed E-state index contributed by atoms with van der Waals surface area (Å²) in [5.41, 5.74) is 11.0. The van der Waals surface area contributed by atoms with Gasteiger partial charge in [0.05, 0.1) is 13.2 Å². The van der Waals surface area contributed by atoms with E-state index in [0.29, 0.717) is 25.7 Å². The predicted molar refractivity (Wildman–Crippen MR) is 121 cm³/mol. The molecule has 0 bridgehead atoms. The van der Waals surface area contributed by atoms with Gasteiger partial charge in [0.2, 0.25) is 0 Å². The Labute approximate surface area is 178 Å². The topological polar surface area (TPSA) is 68.9 Å². The lowest BCUT2D eigenvalue weighted by atomic mass is 10.1. The van der Waals surface area contributed by atoms with Gasteiger partial charge < -0.3 is 20.5 Å². The monoisotopic (exact) mass is 481 g/mol. The van der Waals surface area contributed by atoms with Crippen molar-refractivity contribution in [2.24, 2.45) is 10.7 Å². The lowest BCUT2D eigenvalue weighted by Crippen LogP contribution is -2.22. The van der Waals surface area contributed by atoms with Gasteiger partial charge >= 0.3 is 0 Å². The fraction of sp³-hybridized carbons (Fsp3) is 0.381. The number of hydrogen-bond acceptors (Lipinski definition) is 3. The molecule has 0 heterocycles. The maximum Gasteiger partial charge on any atom is 0.193 e. The van der Waals surface area contributed by atoms with Crippen molar-refractivity contribution in [1.29, 1.82) is 0 Å². The molecule has 0 saturated heterocycles. The molecular formula is C21H28IN3O2. The maximum atomic E-state index is 6.04. The van der Waals surface area contributed by atoms with Gasteiger partial charge in [0.25, 0.3) is 0 Å². The molecule has 1 aliphatic rings. The van der Waals surface area contributed by atoms with Crippen molar-refractivity contribution < 1.29 is 9.47 Å². The molecule has 1 aliphatic carbocycles. The van der Waals surface area contributed by atoms with Crippen molar-refractivity contribution in [3.05, 3.63) is 59.2 Å². The average Bonchev–Trinajstić information content (AvgIpc) is 3.12. The highest BCUT2D eigenvalue weighted by molar-refractivity contribution is 14.0. The molecule has 2 aromatic carbocycles. The zero-order chi connectivity index (χ0) is 18.2. The van der Waals surface area contributed by atoms with E-state index in [4.69, 9.17) is 15.2 Å². The number of ether oxygens (including phenoxy) is 2. The third-order valence-electron chi connectivity index (χ3n) is 4.46. The Balaban J connectivity index is 0.00000261. The highest BCUT2D eigenvalue weighted by atomic mass is 127. The first kappa shape index (κ1) is 21.5. The molecule has 3 rings (SSSR count). The Morgan fingerprint density at radius 2 is 1.96 bits per heavy atom. The SMILES string of the molecule is COCCCOc1cccc(CN=C(N)Nc2ccc3c(c2)CCC3)c1.I. The Hall–Kier alpha value is -1.80. The van der Waals surface area contributed by atoms with E-state index in [0.717, 1.165) is 29.8 Å². The van der Waals surface area contributed by atoms with Crippen molar-refractivity contribution in [2.75, 3.05) is 25.6 Å². The molecule has 0 saturated carbocycles. The van der Waals surface area contributed by atoms with Gasteiger partial charge in [-0.05, 0) is 60.2 Å². The third-order valence-corrected chi connectivity index (χ3v) is 4.46. The number of nitrogens with zero attached hydrogens (tertiary/aromatic N) is 1. The van der Waals surface area contributed by atoms with Crippen LogP contribution >= 0.6 is 24.0 Å². The van der Waals surface area contributed by atoms with E-state index in [9.17, 15) is 0 Å². The van der Waals surface area contributed by atoms with E-state index in [1.165, 1.54) is 24.0 Å². The molecule has 6 heteroatoms. The highest BCUT2D eigenvalue weighted by Gasteiger charge is 2.10. The van der Waals surface area contributed by atoms with Crippen LogP contribution in [-0.2, 0) is 24.1 Å². The van der Waals surface area contributed by atoms with Crippen LogP contribution in [0.3, 0.4) is 0 Å². The largest absolute Gasteiger partial charge is 0.493 e. The summed E-state index contributed by atoms with van der Waals surface area (Å²) in [6.45, 7) is 1.86. The number of halogens is 1. The van der Waals surface area contributed by atoms with Gasteiger partial charge in [0.15, 0.2) is 5.96 Å². The molecule has 0 spiro atoms. The second kappa shape index (κ2) is 11.1. The van der Waals surface area contributed by atoms with Crippen LogP contribution in [0, 0.1) is 0 Å². The zero-order valence-electron chi connectivity index (χ0n) is 15.7. The van der Waals surface area contributed by atoms with Gasteiger partial charge in [-0.15, -0.1) is 24.0 Å². The summed E-state index contributed by atoms with van der Waals surface area (Å²) < 4.78 is 10.7. The minimum absolute atomic E-state index is 0. The van der Waals surface area contributed by atoms with Gasteiger partial charge in [-0.2, -0.15) is 0 Å². The van der Waals surface area contributed by atoms with Crippen LogP contribution in [0.15, 0.2) is 47.5 Å². The zero-order valence-corrected chi connectivity index (χ0v) is 18.1. The van der Waals surface area contributed by atoms with Gasteiger partial charge in [-0.3, -0.25) is 0 Å². The van der Waals surface area contributed by atoms with E-state index < -0.39 is 0 Å². The minimum Gasteiger partial charge on any atom is -0.493 e. The van der Waals surface area contributed by atoms with Crippen LogP contribution in [0.2, 0.25) is 0 Å². The van der Waals surface area contributed by atoms with Crippen LogP contribution in [0.25, 0.3) is 0 Å². The normalized spacial score (nSPS) is 13.0.